The Morgan fingerprint density at radius 3 is 2.60 bits per heavy atom. The molecule has 0 spiro atoms. The van der Waals surface area contributed by atoms with Crippen LogP contribution in [0.1, 0.15) is 22.8 Å². The van der Waals surface area contributed by atoms with Gasteiger partial charge in [0.05, 0.1) is 11.3 Å². The molecular weight excluding hydrogens is 386 g/mol. The van der Waals surface area contributed by atoms with E-state index in [9.17, 15) is 4.79 Å². The largest absolute Gasteiger partial charge is 0.272 e. The quantitative estimate of drug-likeness (QED) is 0.634. The van der Waals surface area contributed by atoms with Gasteiger partial charge in [0, 0.05) is 21.3 Å². The molecule has 1 N–H and O–H groups in total. The predicted molar refractivity (Wildman–Crippen MR) is 85.8 cm³/mol. The number of nitrogens with zero attached hydrogens (tertiary/aromatic N) is 2. The Morgan fingerprint density at radius 1 is 1.15 bits per heavy atom. The number of aromatic nitrogens is 1. The molecule has 0 unspecified atom stereocenters. The highest BCUT2D eigenvalue weighted by atomic mass is 79.9. The van der Waals surface area contributed by atoms with E-state index in [0.29, 0.717) is 5.56 Å². The van der Waals surface area contributed by atoms with E-state index < -0.39 is 0 Å². The van der Waals surface area contributed by atoms with Gasteiger partial charge in [0.25, 0.3) is 5.91 Å². The molecule has 6 heteroatoms. The fraction of sp³-hybridized carbons (Fsp3) is 0.0714. The van der Waals surface area contributed by atoms with Crippen molar-refractivity contribution in [1.82, 2.24) is 10.4 Å². The molecule has 0 fully saturated rings. The highest BCUT2D eigenvalue weighted by Gasteiger charge is 2.06. The van der Waals surface area contributed by atoms with Gasteiger partial charge in [0.2, 0.25) is 0 Å². The molecular formula is C14H11Br2N3O. The first-order chi connectivity index (χ1) is 9.56. The van der Waals surface area contributed by atoms with Crippen molar-refractivity contribution in [2.45, 2.75) is 6.92 Å². The monoisotopic (exact) mass is 395 g/mol. The van der Waals surface area contributed by atoms with Crippen LogP contribution >= 0.6 is 31.9 Å². The van der Waals surface area contributed by atoms with Crippen molar-refractivity contribution in [3.63, 3.8) is 0 Å². The normalized spacial score (nSPS) is 11.2. The van der Waals surface area contributed by atoms with Gasteiger partial charge in [-0.05, 0) is 46.6 Å². The van der Waals surface area contributed by atoms with Gasteiger partial charge < -0.3 is 0 Å². The van der Waals surface area contributed by atoms with Crippen LogP contribution in [0.15, 0.2) is 56.8 Å². The van der Waals surface area contributed by atoms with Crippen LogP contribution in [0.4, 0.5) is 0 Å². The molecule has 0 aliphatic rings. The number of amides is 1. The number of carbonyl (C=O) groups excluding carboxylic acids is 1. The molecule has 2 aromatic rings. The van der Waals surface area contributed by atoms with Crippen molar-refractivity contribution in [2.24, 2.45) is 5.10 Å². The van der Waals surface area contributed by atoms with Crippen LogP contribution in [0.5, 0.6) is 0 Å². The summed E-state index contributed by atoms with van der Waals surface area (Å²) in [6, 6.07) is 9.40. The summed E-state index contributed by atoms with van der Waals surface area (Å²) in [7, 11) is 0. The van der Waals surface area contributed by atoms with Crippen LogP contribution in [0.25, 0.3) is 0 Å². The molecule has 20 heavy (non-hydrogen) atoms. The van der Waals surface area contributed by atoms with E-state index in [1.165, 1.54) is 6.20 Å². The number of hydrogen-bond donors (Lipinski definition) is 1. The first-order valence-corrected chi connectivity index (χ1v) is 7.36. The van der Waals surface area contributed by atoms with Crippen LogP contribution in [0, 0.1) is 0 Å². The van der Waals surface area contributed by atoms with Crippen LogP contribution < -0.4 is 5.43 Å². The lowest BCUT2D eigenvalue weighted by molar-refractivity contribution is 0.0954. The van der Waals surface area contributed by atoms with Gasteiger partial charge in [-0.3, -0.25) is 9.78 Å². The lowest BCUT2D eigenvalue weighted by atomic mass is 10.1. The third-order valence-corrected chi connectivity index (χ3v) is 3.46. The van der Waals surface area contributed by atoms with Gasteiger partial charge in [0.1, 0.15) is 0 Å². The summed E-state index contributed by atoms with van der Waals surface area (Å²) in [6.45, 7) is 1.83. The zero-order valence-electron chi connectivity index (χ0n) is 10.6. The molecule has 4 nitrogen and oxygen atoms in total. The number of pyridine rings is 1. The molecule has 1 aromatic carbocycles. The third kappa shape index (κ3) is 3.98. The van der Waals surface area contributed by atoms with E-state index in [-0.39, 0.29) is 5.91 Å². The minimum absolute atomic E-state index is 0.298. The number of benzene rings is 1. The number of nitrogens with one attached hydrogen (secondary N) is 1. The molecule has 1 heterocycles. The standard InChI is InChI=1S/C14H11Br2N3O/c1-9(10-3-2-4-12(15)5-10)18-19-14(20)11-6-13(16)8-17-7-11/h2-8H,1H3,(H,19,20). The summed E-state index contributed by atoms with van der Waals surface area (Å²) in [6.07, 6.45) is 3.11. The van der Waals surface area contributed by atoms with E-state index in [4.69, 9.17) is 0 Å². The molecule has 0 saturated heterocycles. The molecule has 2 rings (SSSR count). The first kappa shape index (κ1) is 14.9. The Bertz CT molecular complexity index is 671. The van der Waals surface area contributed by atoms with E-state index >= 15 is 0 Å². The Morgan fingerprint density at radius 2 is 1.90 bits per heavy atom. The molecule has 102 valence electrons. The summed E-state index contributed by atoms with van der Waals surface area (Å²) in [4.78, 5) is 15.9. The van der Waals surface area contributed by atoms with Crippen molar-refractivity contribution in [1.29, 1.82) is 0 Å². The fourth-order valence-corrected chi connectivity index (χ4v) is 2.28. The highest BCUT2D eigenvalue weighted by molar-refractivity contribution is 9.10. The van der Waals surface area contributed by atoms with Gasteiger partial charge in [-0.25, -0.2) is 5.43 Å². The second-order valence-corrected chi connectivity index (χ2v) is 5.87. The van der Waals surface area contributed by atoms with E-state index in [2.05, 4.69) is 47.4 Å². The summed E-state index contributed by atoms with van der Waals surface area (Å²) in [5.41, 5.74) is 4.63. The average molecular weight is 397 g/mol. The van der Waals surface area contributed by atoms with E-state index in [0.717, 1.165) is 20.2 Å². The fourth-order valence-electron chi connectivity index (χ4n) is 1.51. The molecule has 0 aliphatic heterocycles. The highest BCUT2D eigenvalue weighted by Crippen LogP contribution is 2.12. The Hall–Kier alpha value is -1.53. The van der Waals surface area contributed by atoms with Crippen LogP contribution in [0.3, 0.4) is 0 Å². The lowest BCUT2D eigenvalue weighted by Gasteiger charge is -2.03. The van der Waals surface area contributed by atoms with Crippen molar-refractivity contribution >= 4 is 43.5 Å². The Kier molecular flexibility index (Phi) is 5.03. The summed E-state index contributed by atoms with van der Waals surface area (Å²) >= 11 is 6.67. The minimum Gasteiger partial charge on any atom is -0.267 e. The molecule has 1 aromatic heterocycles. The Balaban J connectivity index is 2.11. The summed E-state index contributed by atoms with van der Waals surface area (Å²) in [5, 5.41) is 4.09. The maximum Gasteiger partial charge on any atom is 0.272 e. The third-order valence-electron chi connectivity index (χ3n) is 2.53. The van der Waals surface area contributed by atoms with E-state index in [1.54, 1.807) is 12.3 Å². The molecule has 0 atom stereocenters. The second-order valence-electron chi connectivity index (χ2n) is 4.04. The second kappa shape index (κ2) is 6.76. The van der Waals surface area contributed by atoms with Gasteiger partial charge in [-0.1, -0.05) is 28.1 Å². The topological polar surface area (TPSA) is 54.4 Å². The van der Waals surface area contributed by atoms with Crippen molar-refractivity contribution in [2.75, 3.05) is 0 Å². The molecule has 0 bridgehead atoms. The number of halogens is 2. The number of hydrazone groups is 1. The average Bonchev–Trinajstić information content (AvgIpc) is 2.44. The van der Waals surface area contributed by atoms with Crippen LogP contribution in [-0.2, 0) is 0 Å². The van der Waals surface area contributed by atoms with Crippen LogP contribution in [-0.4, -0.2) is 16.6 Å². The predicted octanol–water partition coefficient (Wildman–Crippen LogP) is 3.76. The summed E-state index contributed by atoms with van der Waals surface area (Å²) < 4.78 is 1.71. The zero-order chi connectivity index (χ0) is 14.5. The van der Waals surface area contributed by atoms with Crippen molar-refractivity contribution < 1.29 is 4.79 Å². The smallest absolute Gasteiger partial charge is 0.267 e. The van der Waals surface area contributed by atoms with Gasteiger partial charge in [-0.2, -0.15) is 5.10 Å². The first-order valence-electron chi connectivity index (χ1n) is 5.77. The minimum atomic E-state index is -0.298. The van der Waals surface area contributed by atoms with Gasteiger partial charge in [0.15, 0.2) is 0 Å². The maximum atomic E-state index is 11.9. The lowest BCUT2D eigenvalue weighted by Crippen LogP contribution is -2.19. The van der Waals surface area contributed by atoms with Gasteiger partial charge in [-0.15, -0.1) is 0 Å². The molecule has 0 aliphatic carbocycles. The number of carbonyl (C=O) groups is 1. The zero-order valence-corrected chi connectivity index (χ0v) is 13.8. The van der Waals surface area contributed by atoms with Gasteiger partial charge >= 0.3 is 0 Å². The molecule has 0 saturated carbocycles. The SMILES string of the molecule is CC(=NNC(=O)c1cncc(Br)c1)c1cccc(Br)c1. The molecule has 0 radical (unpaired) electrons. The number of hydrogen-bond acceptors (Lipinski definition) is 3. The summed E-state index contributed by atoms with van der Waals surface area (Å²) in [5.74, 6) is -0.298. The van der Waals surface area contributed by atoms with Crippen molar-refractivity contribution in [3.8, 4) is 0 Å². The Labute approximate surface area is 133 Å². The number of rotatable bonds is 3. The van der Waals surface area contributed by atoms with E-state index in [1.807, 2.05) is 31.2 Å². The maximum absolute atomic E-state index is 11.9. The van der Waals surface area contributed by atoms with Crippen LogP contribution in [0.2, 0.25) is 0 Å². The van der Waals surface area contributed by atoms with Crippen molar-refractivity contribution in [3.05, 3.63) is 62.8 Å². The molecule has 1 amide bonds.